The molecule has 1 rings (SSSR count). The number of hydrogen-bond donors (Lipinski definition) is 0. The van der Waals surface area contributed by atoms with E-state index in [1.807, 2.05) is 4.90 Å². The van der Waals surface area contributed by atoms with E-state index < -0.39 is 0 Å². The summed E-state index contributed by atoms with van der Waals surface area (Å²) in [6.07, 6.45) is 2.81. The van der Waals surface area contributed by atoms with Crippen LogP contribution in [-0.4, -0.2) is 53.8 Å². The van der Waals surface area contributed by atoms with Gasteiger partial charge in [0.15, 0.2) is 0 Å². The number of nitrogens with zero attached hydrogens (tertiary/aromatic N) is 2. The third-order valence-electron chi connectivity index (χ3n) is 3.03. The van der Waals surface area contributed by atoms with Crippen molar-refractivity contribution in [3.05, 3.63) is 0 Å². The van der Waals surface area contributed by atoms with Gasteiger partial charge in [0.25, 0.3) is 0 Å². The second-order valence-corrected chi connectivity index (χ2v) is 5.34. The molecule has 4 heteroatoms. The molecule has 1 fully saturated rings. The highest BCUT2D eigenvalue weighted by molar-refractivity contribution is 9.09. The second-order valence-electron chi connectivity index (χ2n) is 4.54. The van der Waals surface area contributed by atoms with Gasteiger partial charge in [-0.2, -0.15) is 0 Å². The lowest BCUT2D eigenvalue weighted by Crippen LogP contribution is -2.31. The van der Waals surface area contributed by atoms with Crippen LogP contribution in [0.2, 0.25) is 0 Å². The lowest BCUT2D eigenvalue weighted by molar-refractivity contribution is -0.128. The van der Waals surface area contributed by atoms with Crippen molar-refractivity contribution in [1.82, 2.24) is 9.80 Å². The van der Waals surface area contributed by atoms with Crippen molar-refractivity contribution in [3.63, 3.8) is 0 Å². The first-order valence-corrected chi connectivity index (χ1v) is 7.27. The first-order valence-electron chi connectivity index (χ1n) is 6.15. The van der Waals surface area contributed by atoms with E-state index in [-0.39, 0.29) is 5.91 Å². The number of carbonyl (C=O) groups excluding carboxylic acids is 1. The van der Waals surface area contributed by atoms with Crippen LogP contribution in [0.3, 0.4) is 0 Å². The van der Waals surface area contributed by atoms with Crippen LogP contribution in [0.5, 0.6) is 0 Å². The van der Waals surface area contributed by atoms with Gasteiger partial charge in [0.05, 0.1) is 13.1 Å². The average Bonchev–Trinajstić information content (AvgIpc) is 2.62. The third kappa shape index (κ3) is 5.10. The fourth-order valence-electron chi connectivity index (χ4n) is 1.86. The molecule has 1 heterocycles. The fourth-order valence-corrected chi connectivity index (χ4v) is 2.11. The summed E-state index contributed by atoms with van der Waals surface area (Å²) in [5.41, 5.74) is 0. The van der Waals surface area contributed by atoms with Crippen molar-refractivity contribution in [3.8, 4) is 11.8 Å². The van der Waals surface area contributed by atoms with E-state index >= 15 is 0 Å². The van der Waals surface area contributed by atoms with E-state index in [1.54, 1.807) is 0 Å². The summed E-state index contributed by atoms with van der Waals surface area (Å²) in [4.78, 5) is 15.6. The van der Waals surface area contributed by atoms with Gasteiger partial charge in [0.1, 0.15) is 0 Å². The highest BCUT2D eigenvalue weighted by Gasteiger charge is 2.26. The van der Waals surface area contributed by atoms with Gasteiger partial charge >= 0.3 is 0 Å². The standard InChI is InChI=1S/C13H21BrN2O/c1-12-6-7-13(17)16(12)11-4-3-9-15(2)10-5-8-14/h12H,5-11H2,1-2H3. The third-order valence-corrected chi connectivity index (χ3v) is 3.59. The van der Waals surface area contributed by atoms with Gasteiger partial charge in [-0.25, -0.2) is 0 Å². The summed E-state index contributed by atoms with van der Waals surface area (Å²) in [6, 6.07) is 0.364. The van der Waals surface area contributed by atoms with Crippen LogP contribution in [0.25, 0.3) is 0 Å². The molecule has 0 bridgehead atoms. The van der Waals surface area contributed by atoms with Crippen molar-refractivity contribution < 1.29 is 4.79 Å². The number of halogens is 1. The summed E-state index contributed by atoms with van der Waals surface area (Å²) in [6.45, 7) is 4.52. The quantitative estimate of drug-likeness (QED) is 0.570. The molecule has 0 saturated carbocycles. The molecule has 0 aromatic carbocycles. The Balaban J connectivity index is 2.24. The summed E-state index contributed by atoms with van der Waals surface area (Å²) in [5.74, 6) is 6.48. The van der Waals surface area contributed by atoms with Gasteiger partial charge < -0.3 is 4.90 Å². The van der Waals surface area contributed by atoms with Crippen LogP contribution in [0.4, 0.5) is 0 Å². The Morgan fingerprint density at radius 1 is 1.53 bits per heavy atom. The van der Waals surface area contributed by atoms with Gasteiger partial charge in [-0.05, 0) is 33.4 Å². The molecule has 0 aliphatic carbocycles. The van der Waals surface area contributed by atoms with Crippen molar-refractivity contribution in [2.24, 2.45) is 0 Å². The van der Waals surface area contributed by atoms with Crippen LogP contribution in [0.15, 0.2) is 0 Å². The molecule has 1 aliphatic rings. The SMILES string of the molecule is CC1CCC(=O)N1CC#CCN(C)CCCBr. The van der Waals surface area contributed by atoms with Crippen molar-refractivity contribution in [1.29, 1.82) is 0 Å². The van der Waals surface area contributed by atoms with Crippen molar-refractivity contribution >= 4 is 21.8 Å². The molecule has 17 heavy (non-hydrogen) atoms. The van der Waals surface area contributed by atoms with Crippen molar-refractivity contribution in [2.75, 3.05) is 32.0 Å². The number of alkyl halides is 1. The zero-order valence-corrected chi connectivity index (χ0v) is 12.3. The van der Waals surface area contributed by atoms with Gasteiger partial charge in [0.2, 0.25) is 5.91 Å². The van der Waals surface area contributed by atoms with E-state index in [9.17, 15) is 4.79 Å². The maximum Gasteiger partial charge on any atom is 0.223 e. The Morgan fingerprint density at radius 3 is 2.88 bits per heavy atom. The maximum absolute atomic E-state index is 11.5. The number of hydrogen-bond acceptors (Lipinski definition) is 2. The first-order chi connectivity index (χ1) is 8.15. The van der Waals surface area contributed by atoms with Crippen LogP contribution >= 0.6 is 15.9 Å². The predicted octanol–water partition coefficient (Wildman–Crippen LogP) is 1.72. The normalized spacial score (nSPS) is 19.6. The lowest BCUT2D eigenvalue weighted by Gasteiger charge is -2.18. The van der Waals surface area contributed by atoms with Crippen LogP contribution < -0.4 is 0 Å². The number of carbonyl (C=O) groups is 1. The Hall–Kier alpha value is -0.530. The minimum absolute atomic E-state index is 0.249. The Bertz CT molecular complexity index is 308. The molecule has 0 N–H and O–H groups in total. The molecule has 0 radical (unpaired) electrons. The molecule has 1 aliphatic heterocycles. The topological polar surface area (TPSA) is 23.6 Å². The molecule has 0 aromatic heterocycles. The summed E-state index contributed by atoms with van der Waals surface area (Å²) in [7, 11) is 2.07. The number of rotatable bonds is 5. The van der Waals surface area contributed by atoms with Gasteiger partial charge in [0, 0.05) is 17.8 Å². The highest BCUT2D eigenvalue weighted by atomic mass is 79.9. The summed E-state index contributed by atoms with van der Waals surface area (Å²) >= 11 is 3.41. The monoisotopic (exact) mass is 300 g/mol. The van der Waals surface area contributed by atoms with E-state index in [1.165, 1.54) is 0 Å². The van der Waals surface area contributed by atoms with Crippen LogP contribution in [-0.2, 0) is 4.79 Å². The summed E-state index contributed by atoms with van der Waals surface area (Å²) < 4.78 is 0. The highest BCUT2D eigenvalue weighted by Crippen LogP contribution is 2.16. The number of amides is 1. The minimum atomic E-state index is 0.249. The molecule has 0 spiro atoms. The Labute approximate surface area is 113 Å². The number of likely N-dealkylation sites (tertiary alicyclic amines) is 1. The van der Waals surface area contributed by atoms with Gasteiger partial charge in [-0.15, -0.1) is 0 Å². The predicted molar refractivity (Wildman–Crippen MR) is 74.1 cm³/mol. The molecule has 1 unspecified atom stereocenters. The first kappa shape index (κ1) is 14.5. The molecule has 96 valence electrons. The zero-order chi connectivity index (χ0) is 12.7. The van der Waals surface area contributed by atoms with Crippen LogP contribution in [0.1, 0.15) is 26.2 Å². The lowest BCUT2D eigenvalue weighted by atomic mass is 10.2. The molecule has 1 amide bonds. The molecule has 0 aromatic rings. The fraction of sp³-hybridized carbons (Fsp3) is 0.769. The van der Waals surface area contributed by atoms with E-state index in [0.29, 0.717) is 19.0 Å². The average molecular weight is 301 g/mol. The smallest absolute Gasteiger partial charge is 0.223 e. The van der Waals surface area contributed by atoms with Gasteiger partial charge in [-0.1, -0.05) is 27.8 Å². The van der Waals surface area contributed by atoms with Gasteiger partial charge in [-0.3, -0.25) is 9.69 Å². The van der Waals surface area contributed by atoms with E-state index in [4.69, 9.17) is 0 Å². The second kappa shape index (κ2) is 7.73. The Morgan fingerprint density at radius 2 is 2.29 bits per heavy atom. The largest absolute Gasteiger partial charge is 0.329 e. The molecular weight excluding hydrogens is 280 g/mol. The van der Waals surface area contributed by atoms with E-state index in [2.05, 4.69) is 46.6 Å². The van der Waals surface area contributed by atoms with Crippen LogP contribution in [0, 0.1) is 11.8 Å². The molecule has 1 saturated heterocycles. The zero-order valence-electron chi connectivity index (χ0n) is 10.7. The molecular formula is C13H21BrN2O. The maximum atomic E-state index is 11.5. The minimum Gasteiger partial charge on any atom is -0.329 e. The van der Waals surface area contributed by atoms with E-state index in [0.717, 1.165) is 31.3 Å². The molecule has 1 atom stereocenters. The molecule has 3 nitrogen and oxygen atoms in total. The Kier molecular flexibility index (Phi) is 6.61. The van der Waals surface area contributed by atoms with Crippen molar-refractivity contribution in [2.45, 2.75) is 32.2 Å². The summed E-state index contributed by atoms with van der Waals surface area (Å²) in [5, 5.41) is 1.03.